The highest BCUT2D eigenvalue weighted by Crippen LogP contribution is 2.44. The minimum absolute atomic E-state index is 0.00930. The number of anilines is 1. The van der Waals surface area contributed by atoms with E-state index in [1.54, 1.807) is 37.4 Å². The topological polar surface area (TPSA) is 80.0 Å². The molecule has 6 heteroatoms. The summed E-state index contributed by atoms with van der Waals surface area (Å²) in [5.74, 6) is -0.640. The Morgan fingerprint density at radius 3 is 2.38 bits per heavy atom. The van der Waals surface area contributed by atoms with Crippen LogP contribution in [0.2, 0.25) is 0 Å². The number of rotatable bonds is 4. The van der Waals surface area contributed by atoms with Crippen LogP contribution in [0, 0.1) is 13.8 Å². The number of aliphatic hydroxyl groups excluding tert-OH is 1. The maximum Gasteiger partial charge on any atom is 0.300 e. The molecule has 1 N–H and O–H groups in total. The fourth-order valence-corrected chi connectivity index (χ4v) is 4.47. The summed E-state index contributed by atoms with van der Waals surface area (Å²) in [5.41, 5.74) is 3.51. The highest BCUT2D eigenvalue weighted by molar-refractivity contribution is 6.51. The number of furan rings is 1. The third-order valence-electron chi connectivity index (χ3n) is 6.15. The summed E-state index contributed by atoms with van der Waals surface area (Å²) in [6, 6.07) is 13.4. The van der Waals surface area contributed by atoms with Crippen LogP contribution >= 0.6 is 0 Å². The second-order valence-corrected chi connectivity index (χ2v) is 9.64. The molecular formula is C28H29NO5. The molecule has 1 saturated heterocycles. The number of aryl methyl sites for hydroxylation is 2. The minimum Gasteiger partial charge on any atom is -0.507 e. The normalized spacial score (nSPS) is 17.9. The van der Waals surface area contributed by atoms with E-state index in [4.69, 9.17) is 9.15 Å². The molecule has 2 heterocycles. The van der Waals surface area contributed by atoms with Gasteiger partial charge >= 0.3 is 0 Å². The van der Waals surface area contributed by atoms with Crippen molar-refractivity contribution in [1.82, 2.24) is 0 Å². The molecule has 34 heavy (non-hydrogen) atoms. The Morgan fingerprint density at radius 2 is 1.79 bits per heavy atom. The number of Topliss-reactive ketones (excluding diaryl/α,β-unsaturated/α-hetero) is 1. The third-order valence-corrected chi connectivity index (χ3v) is 6.15. The zero-order valence-electron chi connectivity index (χ0n) is 20.3. The number of ether oxygens (including phenoxy) is 1. The van der Waals surface area contributed by atoms with E-state index in [9.17, 15) is 14.7 Å². The van der Waals surface area contributed by atoms with Crippen molar-refractivity contribution in [3.8, 4) is 5.75 Å². The summed E-state index contributed by atoms with van der Waals surface area (Å²) in [5, 5.41) is 11.4. The lowest BCUT2D eigenvalue weighted by atomic mass is 9.84. The van der Waals surface area contributed by atoms with E-state index in [2.05, 4.69) is 0 Å². The summed E-state index contributed by atoms with van der Waals surface area (Å²) in [6.45, 7) is 9.97. The number of carbonyl (C=O) groups is 2. The van der Waals surface area contributed by atoms with Gasteiger partial charge in [-0.05, 0) is 61.2 Å². The van der Waals surface area contributed by atoms with Crippen molar-refractivity contribution in [2.24, 2.45) is 0 Å². The Bertz CT molecular complexity index is 1290. The van der Waals surface area contributed by atoms with E-state index in [1.807, 2.05) is 52.8 Å². The average molecular weight is 460 g/mol. The van der Waals surface area contributed by atoms with Crippen molar-refractivity contribution in [2.75, 3.05) is 12.0 Å². The SMILES string of the molecule is COc1ccc(/C(O)=C2/C(=O)C(=O)N(c3ccc(C)cc3C)C2c2ccco2)cc1C(C)(C)C. The van der Waals surface area contributed by atoms with E-state index in [1.165, 1.54) is 11.2 Å². The van der Waals surface area contributed by atoms with Gasteiger partial charge in [-0.3, -0.25) is 14.5 Å². The lowest BCUT2D eigenvalue weighted by Gasteiger charge is -2.25. The molecule has 2 aromatic carbocycles. The number of ketones is 1. The fraction of sp³-hybridized carbons (Fsp3) is 0.286. The van der Waals surface area contributed by atoms with Crippen molar-refractivity contribution >= 4 is 23.1 Å². The quantitative estimate of drug-likeness (QED) is 0.302. The van der Waals surface area contributed by atoms with Crippen molar-refractivity contribution < 1.29 is 23.8 Å². The molecule has 1 amide bonds. The molecule has 6 nitrogen and oxygen atoms in total. The van der Waals surface area contributed by atoms with Gasteiger partial charge in [0.1, 0.15) is 23.3 Å². The Balaban J connectivity index is 1.94. The van der Waals surface area contributed by atoms with Gasteiger partial charge in [-0.15, -0.1) is 0 Å². The first-order chi connectivity index (χ1) is 16.0. The van der Waals surface area contributed by atoms with Gasteiger partial charge in [-0.1, -0.05) is 38.5 Å². The largest absolute Gasteiger partial charge is 0.507 e. The van der Waals surface area contributed by atoms with E-state index in [0.717, 1.165) is 16.7 Å². The molecule has 3 aromatic rings. The number of hydrogen-bond acceptors (Lipinski definition) is 5. The molecular weight excluding hydrogens is 430 g/mol. The van der Waals surface area contributed by atoms with Gasteiger partial charge in [0.05, 0.1) is 18.9 Å². The molecule has 1 aliphatic heterocycles. The van der Waals surface area contributed by atoms with Gasteiger partial charge in [0.25, 0.3) is 11.7 Å². The van der Waals surface area contributed by atoms with E-state index >= 15 is 0 Å². The van der Waals surface area contributed by atoms with Gasteiger partial charge in [0.15, 0.2) is 0 Å². The lowest BCUT2D eigenvalue weighted by Crippen LogP contribution is -2.30. The van der Waals surface area contributed by atoms with Crippen LogP contribution in [0.4, 0.5) is 5.69 Å². The molecule has 1 aliphatic rings. The van der Waals surface area contributed by atoms with Crippen molar-refractivity contribution in [3.05, 3.63) is 88.4 Å². The van der Waals surface area contributed by atoms with Crippen LogP contribution in [0.1, 0.15) is 54.8 Å². The second kappa shape index (κ2) is 8.52. The third kappa shape index (κ3) is 3.89. The number of hydrogen-bond donors (Lipinski definition) is 1. The van der Waals surface area contributed by atoms with E-state index in [0.29, 0.717) is 22.8 Å². The zero-order valence-corrected chi connectivity index (χ0v) is 20.3. The number of methoxy groups -OCH3 is 1. The van der Waals surface area contributed by atoms with E-state index in [-0.39, 0.29) is 16.7 Å². The average Bonchev–Trinajstić information content (AvgIpc) is 3.40. The molecule has 1 fully saturated rings. The molecule has 0 bridgehead atoms. The molecule has 0 aliphatic carbocycles. The number of aliphatic hydroxyl groups is 1. The summed E-state index contributed by atoms with van der Waals surface area (Å²) >= 11 is 0. The maximum absolute atomic E-state index is 13.3. The van der Waals surface area contributed by atoms with Crippen LogP contribution in [0.15, 0.2) is 64.8 Å². The zero-order chi connectivity index (χ0) is 24.8. The van der Waals surface area contributed by atoms with Crippen LogP contribution in [-0.4, -0.2) is 23.9 Å². The first kappa shape index (κ1) is 23.4. The van der Waals surface area contributed by atoms with Crippen LogP contribution in [0.25, 0.3) is 5.76 Å². The summed E-state index contributed by atoms with van der Waals surface area (Å²) in [6.07, 6.45) is 1.49. The molecule has 176 valence electrons. The molecule has 0 spiro atoms. The molecule has 1 atom stereocenters. The standard InChI is InChI=1S/C28H29NO5/c1-16-9-11-20(17(2)14-16)29-24(22-8-7-13-34-22)23(26(31)27(29)32)25(30)18-10-12-21(33-6)19(15-18)28(3,4)5/h7-15,24,30H,1-6H3/b25-23-. The van der Waals surface area contributed by atoms with Crippen molar-refractivity contribution in [3.63, 3.8) is 0 Å². The maximum atomic E-state index is 13.3. The van der Waals surface area contributed by atoms with Crippen molar-refractivity contribution in [2.45, 2.75) is 46.1 Å². The summed E-state index contributed by atoms with van der Waals surface area (Å²) < 4.78 is 11.2. The number of carbonyl (C=O) groups excluding carboxylic acids is 2. The van der Waals surface area contributed by atoms with Crippen LogP contribution in [0.3, 0.4) is 0 Å². The highest BCUT2D eigenvalue weighted by atomic mass is 16.5. The number of nitrogens with zero attached hydrogens (tertiary/aromatic N) is 1. The Labute approximate surface area is 199 Å². The molecule has 1 aromatic heterocycles. The molecule has 4 rings (SSSR count). The summed E-state index contributed by atoms with van der Waals surface area (Å²) in [4.78, 5) is 28.0. The predicted molar refractivity (Wildman–Crippen MR) is 131 cm³/mol. The smallest absolute Gasteiger partial charge is 0.300 e. The first-order valence-corrected chi connectivity index (χ1v) is 11.1. The van der Waals surface area contributed by atoms with Gasteiger partial charge in [-0.2, -0.15) is 0 Å². The van der Waals surface area contributed by atoms with Crippen LogP contribution in [-0.2, 0) is 15.0 Å². The lowest BCUT2D eigenvalue weighted by molar-refractivity contribution is -0.132. The minimum atomic E-state index is -0.892. The molecule has 1 unspecified atom stereocenters. The van der Waals surface area contributed by atoms with Gasteiger partial charge in [0.2, 0.25) is 0 Å². The van der Waals surface area contributed by atoms with Crippen LogP contribution < -0.4 is 9.64 Å². The highest BCUT2D eigenvalue weighted by Gasteiger charge is 2.48. The first-order valence-electron chi connectivity index (χ1n) is 11.1. The monoisotopic (exact) mass is 459 g/mol. The van der Waals surface area contributed by atoms with Gasteiger partial charge in [0, 0.05) is 16.8 Å². The Hall–Kier alpha value is -3.80. The van der Waals surface area contributed by atoms with Gasteiger partial charge < -0.3 is 14.3 Å². The van der Waals surface area contributed by atoms with E-state index < -0.39 is 17.7 Å². The predicted octanol–water partition coefficient (Wildman–Crippen LogP) is 5.83. The van der Waals surface area contributed by atoms with Gasteiger partial charge in [-0.25, -0.2) is 0 Å². The van der Waals surface area contributed by atoms with Crippen LogP contribution in [0.5, 0.6) is 5.75 Å². The molecule has 0 saturated carbocycles. The number of amides is 1. The Kier molecular flexibility index (Phi) is 5.86. The second-order valence-electron chi connectivity index (χ2n) is 9.64. The van der Waals surface area contributed by atoms with Crippen molar-refractivity contribution in [1.29, 1.82) is 0 Å². The summed E-state index contributed by atoms with van der Waals surface area (Å²) in [7, 11) is 1.59. The Morgan fingerprint density at radius 1 is 1.06 bits per heavy atom. The fourth-order valence-electron chi connectivity index (χ4n) is 4.47. The molecule has 0 radical (unpaired) electrons. The number of benzene rings is 2.